The van der Waals surface area contributed by atoms with E-state index in [4.69, 9.17) is 5.26 Å². The molecule has 5 heteroatoms. The first-order chi connectivity index (χ1) is 9.58. The summed E-state index contributed by atoms with van der Waals surface area (Å²) in [5, 5.41) is 11.7. The Labute approximate surface area is 127 Å². The van der Waals surface area contributed by atoms with Gasteiger partial charge in [-0.15, -0.1) is 0 Å². The van der Waals surface area contributed by atoms with Crippen molar-refractivity contribution in [1.29, 1.82) is 5.26 Å². The zero-order valence-corrected chi connectivity index (χ0v) is 13.1. The van der Waals surface area contributed by atoms with Crippen molar-refractivity contribution in [3.8, 4) is 6.07 Å². The summed E-state index contributed by atoms with van der Waals surface area (Å²) in [6.45, 7) is 4.19. The summed E-state index contributed by atoms with van der Waals surface area (Å²) in [4.78, 5) is 14.3. The second-order valence-corrected chi connectivity index (χ2v) is 6.11. The maximum atomic E-state index is 12.2. The van der Waals surface area contributed by atoms with E-state index in [-0.39, 0.29) is 11.9 Å². The average molecular weight is 336 g/mol. The van der Waals surface area contributed by atoms with Crippen molar-refractivity contribution in [3.63, 3.8) is 0 Å². The molecule has 0 spiro atoms. The highest BCUT2D eigenvalue weighted by molar-refractivity contribution is 9.10. The number of nitriles is 1. The van der Waals surface area contributed by atoms with E-state index in [0.717, 1.165) is 36.0 Å². The van der Waals surface area contributed by atoms with Gasteiger partial charge in [-0.2, -0.15) is 5.26 Å². The maximum Gasteiger partial charge on any atom is 0.251 e. The van der Waals surface area contributed by atoms with E-state index in [1.807, 2.05) is 25.1 Å². The molecular weight excluding hydrogens is 318 g/mol. The molecule has 0 saturated carbocycles. The zero-order valence-electron chi connectivity index (χ0n) is 11.5. The normalized spacial score (nSPS) is 16.6. The van der Waals surface area contributed by atoms with Crippen LogP contribution in [0.2, 0.25) is 0 Å². The SMILES string of the molecule is Cc1cc(Br)cc(C(=O)NC2CCN(CC#N)CC2)c1. The van der Waals surface area contributed by atoms with Gasteiger partial charge in [-0.25, -0.2) is 0 Å². The number of rotatable bonds is 3. The molecule has 1 aliphatic heterocycles. The topological polar surface area (TPSA) is 56.1 Å². The average Bonchev–Trinajstić information content (AvgIpc) is 2.40. The molecule has 0 atom stereocenters. The molecule has 0 aliphatic carbocycles. The van der Waals surface area contributed by atoms with Gasteiger partial charge in [0.2, 0.25) is 0 Å². The monoisotopic (exact) mass is 335 g/mol. The molecule has 1 N–H and O–H groups in total. The van der Waals surface area contributed by atoms with Crippen LogP contribution in [0, 0.1) is 18.3 Å². The molecule has 106 valence electrons. The lowest BCUT2D eigenvalue weighted by atomic mass is 10.0. The van der Waals surface area contributed by atoms with Gasteiger partial charge in [0.05, 0.1) is 12.6 Å². The minimum Gasteiger partial charge on any atom is -0.349 e. The molecule has 2 rings (SSSR count). The molecule has 20 heavy (non-hydrogen) atoms. The largest absolute Gasteiger partial charge is 0.349 e. The Morgan fingerprint density at radius 2 is 2.15 bits per heavy atom. The number of carbonyl (C=O) groups is 1. The van der Waals surface area contributed by atoms with E-state index in [2.05, 4.69) is 32.2 Å². The van der Waals surface area contributed by atoms with Crippen molar-refractivity contribution in [2.45, 2.75) is 25.8 Å². The Bertz CT molecular complexity index is 510. The fourth-order valence-corrected chi connectivity index (χ4v) is 3.08. The molecule has 1 aliphatic rings. The zero-order chi connectivity index (χ0) is 14.5. The summed E-state index contributed by atoms with van der Waals surface area (Å²) in [7, 11) is 0. The molecule has 4 nitrogen and oxygen atoms in total. The number of amides is 1. The summed E-state index contributed by atoms with van der Waals surface area (Å²) in [5.41, 5.74) is 1.75. The molecule has 1 heterocycles. The molecular formula is C15H18BrN3O. The van der Waals surface area contributed by atoms with Crippen LogP contribution in [0.4, 0.5) is 0 Å². The van der Waals surface area contributed by atoms with Crippen molar-refractivity contribution < 1.29 is 4.79 Å². The van der Waals surface area contributed by atoms with Gasteiger partial charge in [-0.3, -0.25) is 9.69 Å². The Kier molecular flexibility index (Phi) is 5.16. The van der Waals surface area contributed by atoms with Gasteiger partial charge in [-0.05, 0) is 43.5 Å². The van der Waals surface area contributed by atoms with Gasteiger partial charge in [0.25, 0.3) is 5.91 Å². The summed E-state index contributed by atoms with van der Waals surface area (Å²) in [6, 6.07) is 8.09. The van der Waals surface area contributed by atoms with Crippen molar-refractivity contribution in [1.82, 2.24) is 10.2 Å². The number of carbonyl (C=O) groups excluding carboxylic acids is 1. The van der Waals surface area contributed by atoms with E-state index in [1.165, 1.54) is 0 Å². The number of likely N-dealkylation sites (tertiary alicyclic amines) is 1. The second kappa shape index (κ2) is 6.87. The lowest BCUT2D eigenvalue weighted by molar-refractivity contribution is 0.0914. The van der Waals surface area contributed by atoms with Crippen LogP contribution in [0.15, 0.2) is 22.7 Å². The highest BCUT2D eigenvalue weighted by atomic mass is 79.9. The molecule has 1 amide bonds. The van der Waals surface area contributed by atoms with E-state index in [1.54, 1.807) is 0 Å². The number of hydrogen-bond acceptors (Lipinski definition) is 3. The molecule has 0 radical (unpaired) electrons. The second-order valence-electron chi connectivity index (χ2n) is 5.20. The minimum absolute atomic E-state index is 0.0202. The number of hydrogen-bond donors (Lipinski definition) is 1. The van der Waals surface area contributed by atoms with E-state index in [9.17, 15) is 4.79 Å². The summed E-state index contributed by atoms with van der Waals surface area (Å²) in [6.07, 6.45) is 1.81. The van der Waals surface area contributed by atoms with Gasteiger partial charge in [0, 0.05) is 29.2 Å². The van der Waals surface area contributed by atoms with Crippen LogP contribution in [0.25, 0.3) is 0 Å². The molecule has 1 fully saturated rings. The Balaban J connectivity index is 1.91. The van der Waals surface area contributed by atoms with E-state index < -0.39 is 0 Å². The Morgan fingerprint density at radius 1 is 1.45 bits per heavy atom. The highest BCUT2D eigenvalue weighted by Gasteiger charge is 2.20. The molecule has 1 aromatic carbocycles. The van der Waals surface area contributed by atoms with Gasteiger partial charge in [-0.1, -0.05) is 15.9 Å². The van der Waals surface area contributed by atoms with Crippen molar-refractivity contribution in [2.24, 2.45) is 0 Å². The predicted molar refractivity (Wildman–Crippen MR) is 81.4 cm³/mol. The maximum absolute atomic E-state index is 12.2. The third-order valence-electron chi connectivity index (χ3n) is 3.52. The number of aryl methyl sites for hydroxylation is 1. The quantitative estimate of drug-likeness (QED) is 0.863. The van der Waals surface area contributed by atoms with Crippen molar-refractivity contribution in [2.75, 3.05) is 19.6 Å². The first-order valence-corrected chi connectivity index (χ1v) is 7.55. The molecule has 1 aromatic rings. The molecule has 0 bridgehead atoms. The summed E-state index contributed by atoms with van der Waals surface area (Å²) < 4.78 is 0.923. The predicted octanol–water partition coefficient (Wildman–Crippen LogP) is 2.48. The molecule has 0 aromatic heterocycles. The van der Waals surface area contributed by atoms with Gasteiger partial charge in [0.15, 0.2) is 0 Å². The fourth-order valence-electron chi connectivity index (χ4n) is 2.47. The number of nitrogens with one attached hydrogen (secondary N) is 1. The van der Waals surface area contributed by atoms with E-state index >= 15 is 0 Å². The van der Waals surface area contributed by atoms with Crippen LogP contribution in [-0.2, 0) is 0 Å². The van der Waals surface area contributed by atoms with Gasteiger partial charge >= 0.3 is 0 Å². The first kappa shape index (κ1) is 15.0. The Morgan fingerprint density at radius 3 is 2.75 bits per heavy atom. The fraction of sp³-hybridized carbons (Fsp3) is 0.467. The molecule has 1 saturated heterocycles. The van der Waals surface area contributed by atoms with Crippen molar-refractivity contribution in [3.05, 3.63) is 33.8 Å². The van der Waals surface area contributed by atoms with Gasteiger partial charge < -0.3 is 5.32 Å². The lowest BCUT2D eigenvalue weighted by Crippen LogP contribution is -2.44. The number of piperidine rings is 1. The first-order valence-electron chi connectivity index (χ1n) is 6.76. The number of nitrogens with zero attached hydrogens (tertiary/aromatic N) is 2. The number of benzene rings is 1. The van der Waals surface area contributed by atoms with Gasteiger partial charge in [0.1, 0.15) is 0 Å². The van der Waals surface area contributed by atoms with Crippen LogP contribution in [-0.4, -0.2) is 36.5 Å². The lowest BCUT2D eigenvalue weighted by Gasteiger charge is -2.30. The Hall–Kier alpha value is -1.38. The smallest absolute Gasteiger partial charge is 0.251 e. The van der Waals surface area contributed by atoms with Crippen LogP contribution >= 0.6 is 15.9 Å². The minimum atomic E-state index is -0.0202. The molecule has 0 unspecified atom stereocenters. The van der Waals surface area contributed by atoms with Crippen LogP contribution in [0.1, 0.15) is 28.8 Å². The third-order valence-corrected chi connectivity index (χ3v) is 3.98. The van der Waals surface area contributed by atoms with Crippen LogP contribution < -0.4 is 5.32 Å². The summed E-state index contributed by atoms with van der Waals surface area (Å²) in [5.74, 6) is -0.0202. The third kappa shape index (κ3) is 4.06. The van der Waals surface area contributed by atoms with Crippen LogP contribution in [0.3, 0.4) is 0 Å². The highest BCUT2D eigenvalue weighted by Crippen LogP contribution is 2.16. The van der Waals surface area contributed by atoms with Crippen molar-refractivity contribution >= 4 is 21.8 Å². The van der Waals surface area contributed by atoms with E-state index in [0.29, 0.717) is 12.1 Å². The summed E-state index contributed by atoms with van der Waals surface area (Å²) >= 11 is 3.41. The standard InChI is InChI=1S/C15H18BrN3O/c1-11-8-12(10-13(16)9-11)15(20)18-14-2-5-19(6-3-14)7-4-17/h8-10,14H,2-3,5-7H2,1H3,(H,18,20). The van der Waals surface area contributed by atoms with Crippen LogP contribution in [0.5, 0.6) is 0 Å². The number of halogens is 1.